The number of carbonyl (C=O) groups is 1. The van der Waals surface area contributed by atoms with Crippen LogP contribution in [0.4, 0.5) is 0 Å². The normalized spacial score (nSPS) is 11.9. The monoisotopic (exact) mass is 292 g/mol. The summed E-state index contributed by atoms with van der Waals surface area (Å²) in [5, 5.41) is 4.77. The maximum absolute atomic E-state index is 12.6. The van der Waals surface area contributed by atoms with Gasteiger partial charge in [0, 0.05) is 28.0 Å². The van der Waals surface area contributed by atoms with Gasteiger partial charge in [-0.1, -0.05) is 11.6 Å². The minimum absolute atomic E-state index is 0.0378. The second kappa shape index (κ2) is 5.13. The molecule has 0 atom stereocenters. The van der Waals surface area contributed by atoms with Crippen LogP contribution in [-0.4, -0.2) is 16.0 Å². The second-order valence-electron chi connectivity index (χ2n) is 6.08. The van der Waals surface area contributed by atoms with Gasteiger partial charge in [-0.25, -0.2) is 0 Å². The fourth-order valence-electron chi connectivity index (χ4n) is 2.52. The highest BCUT2D eigenvalue weighted by Crippen LogP contribution is 2.28. The molecule has 2 rings (SSSR count). The van der Waals surface area contributed by atoms with Crippen LogP contribution in [0.1, 0.15) is 43.7 Å². The molecule has 1 heterocycles. The van der Waals surface area contributed by atoms with Crippen LogP contribution in [0.5, 0.6) is 0 Å². The van der Waals surface area contributed by atoms with E-state index in [4.69, 9.17) is 11.6 Å². The van der Waals surface area contributed by atoms with E-state index in [9.17, 15) is 4.79 Å². The van der Waals surface area contributed by atoms with E-state index in [-0.39, 0.29) is 11.4 Å². The number of hydrogen-bond donors (Lipinski definition) is 1. The molecule has 0 fully saturated rings. The number of benzene rings is 1. The van der Waals surface area contributed by atoms with Gasteiger partial charge in [0.15, 0.2) is 0 Å². The molecule has 3 nitrogen and oxygen atoms in total. The van der Waals surface area contributed by atoms with Gasteiger partial charge in [0.05, 0.1) is 0 Å². The molecule has 0 aliphatic heterocycles. The molecule has 0 unspecified atom stereocenters. The van der Waals surface area contributed by atoms with Crippen molar-refractivity contribution in [3.05, 3.63) is 34.5 Å². The van der Waals surface area contributed by atoms with Gasteiger partial charge in [0.25, 0.3) is 5.91 Å². The summed E-state index contributed by atoms with van der Waals surface area (Å²) in [5.74, 6) is -0.0378. The van der Waals surface area contributed by atoms with Crippen molar-refractivity contribution >= 4 is 28.4 Å². The highest BCUT2D eigenvalue weighted by atomic mass is 35.5. The molecule has 0 aliphatic rings. The SMILES string of the molecule is CCn1c(C(=O)NC(C)(C)C)c(C)c2cc(Cl)ccc21. The third-order valence-corrected chi connectivity index (χ3v) is 3.53. The van der Waals surface area contributed by atoms with Crippen molar-refractivity contribution in [1.82, 2.24) is 9.88 Å². The van der Waals surface area contributed by atoms with Crippen molar-refractivity contribution in [2.75, 3.05) is 0 Å². The summed E-state index contributed by atoms with van der Waals surface area (Å²) in [6, 6.07) is 5.76. The average molecular weight is 293 g/mol. The Bertz CT molecular complexity index is 665. The average Bonchev–Trinajstić information content (AvgIpc) is 2.60. The van der Waals surface area contributed by atoms with Gasteiger partial charge in [-0.05, 0) is 58.4 Å². The van der Waals surface area contributed by atoms with Gasteiger partial charge in [-0.3, -0.25) is 4.79 Å². The largest absolute Gasteiger partial charge is 0.346 e. The number of carbonyl (C=O) groups excluding carboxylic acids is 1. The van der Waals surface area contributed by atoms with Crippen LogP contribution in [-0.2, 0) is 6.54 Å². The second-order valence-corrected chi connectivity index (χ2v) is 6.52. The van der Waals surface area contributed by atoms with Crippen molar-refractivity contribution < 1.29 is 4.79 Å². The van der Waals surface area contributed by atoms with Crippen LogP contribution in [0, 0.1) is 6.92 Å². The summed E-state index contributed by atoms with van der Waals surface area (Å²) in [6.07, 6.45) is 0. The topological polar surface area (TPSA) is 34.0 Å². The Morgan fingerprint density at radius 3 is 2.55 bits per heavy atom. The highest BCUT2D eigenvalue weighted by Gasteiger charge is 2.22. The smallest absolute Gasteiger partial charge is 0.268 e. The summed E-state index contributed by atoms with van der Waals surface area (Å²) in [7, 11) is 0. The van der Waals surface area contributed by atoms with E-state index in [0.717, 1.165) is 28.7 Å². The molecule has 0 aliphatic carbocycles. The lowest BCUT2D eigenvalue weighted by atomic mass is 10.1. The molecule has 1 amide bonds. The molecule has 0 saturated heterocycles. The number of hydrogen-bond acceptors (Lipinski definition) is 1. The lowest BCUT2D eigenvalue weighted by molar-refractivity contribution is 0.0910. The van der Waals surface area contributed by atoms with E-state index in [1.807, 2.05) is 57.4 Å². The highest BCUT2D eigenvalue weighted by molar-refractivity contribution is 6.31. The lowest BCUT2D eigenvalue weighted by Crippen LogP contribution is -2.41. The summed E-state index contributed by atoms with van der Waals surface area (Å²) < 4.78 is 2.04. The number of aromatic nitrogens is 1. The predicted octanol–water partition coefficient (Wildman–Crippen LogP) is 4.15. The van der Waals surface area contributed by atoms with E-state index >= 15 is 0 Å². The third kappa shape index (κ3) is 2.68. The molecule has 0 radical (unpaired) electrons. The van der Waals surface area contributed by atoms with E-state index in [1.165, 1.54) is 0 Å². The van der Waals surface area contributed by atoms with Gasteiger partial charge in [0.1, 0.15) is 5.69 Å². The van der Waals surface area contributed by atoms with Crippen molar-refractivity contribution in [2.45, 2.75) is 46.7 Å². The summed E-state index contributed by atoms with van der Waals surface area (Å²) in [6.45, 7) is 10.7. The van der Waals surface area contributed by atoms with Crippen molar-refractivity contribution in [2.24, 2.45) is 0 Å². The van der Waals surface area contributed by atoms with Crippen molar-refractivity contribution in [3.63, 3.8) is 0 Å². The van der Waals surface area contributed by atoms with E-state index in [1.54, 1.807) is 0 Å². The lowest BCUT2D eigenvalue weighted by Gasteiger charge is -2.21. The Morgan fingerprint density at radius 2 is 2.00 bits per heavy atom. The van der Waals surface area contributed by atoms with Crippen LogP contribution in [0.25, 0.3) is 10.9 Å². The van der Waals surface area contributed by atoms with Crippen LogP contribution in [0.3, 0.4) is 0 Å². The molecule has 1 aromatic carbocycles. The molecule has 108 valence electrons. The molecular weight excluding hydrogens is 272 g/mol. The first-order valence-corrected chi connectivity index (χ1v) is 7.23. The number of nitrogens with one attached hydrogen (secondary N) is 1. The minimum atomic E-state index is -0.254. The fraction of sp³-hybridized carbons (Fsp3) is 0.438. The first-order valence-electron chi connectivity index (χ1n) is 6.85. The van der Waals surface area contributed by atoms with Gasteiger partial charge in [0.2, 0.25) is 0 Å². The molecule has 0 saturated carbocycles. The number of amides is 1. The fourth-order valence-corrected chi connectivity index (χ4v) is 2.69. The Morgan fingerprint density at radius 1 is 1.35 bits per heavy atom. The number of fused-ring (bicyclic) bond motifs is 1. The summed E-state index contributed by atoms with van der Waals surface area (Å²) in [4.78, 5) is 12.6. The van der Waals surface area contributed by atoms with Crippen molar-refractivity contribution in [1.29, 1.82) is 0 Å². The number of rotatable bonds is 2. The third-order valence-electron chi connectivity index (χ3n) is 3.30. The molecular formula is C16H21ClN2O. The Hall–Kier alpha value is -1.48. The van der Waals surface area contributed by atoms with Crippen molar-refractivity contribution in [3.8, 4) is 0 Å². The zero-order valence-electron chi connectivity index (χ0n) is 12.7. The molecule has 20 heavy (non-hydrogen) atoms. The summed E-state index contributed by atoms with van der Waals surface area (Å²) >= 11 is 6.07. The first-order chi connectivity index (χ1) is 9.24. The molecule has 2 aromatic rings. The van der Waals surface area contributed by atoms with Gasteiger partial charge in [-0.15, -0.1) is 0 Å². The first kappa shape index (κ1) is 14.9. The van der Waals surface area contributed by atoms with Crippen LogP contribution < -0.4 is 5.32 Å². The van der Waals surface area contributed by atoms with Gasteiger partial charge >= 0.3 is 0 Å². The molecule has 0 bridgehead atoms. The van der Waals surface area contributed by atoms with E-state index < -0.39 is 0 Å². The Labute approximate surface area is 124 Å². The Balaban J connectivity index is 2.63. The summed E-state index contributed by atoms with van der Waals surface area (Å²) in [5.41, 5.74) is 2.50. The standard InChI is InChI=1S/C16H21ClN2O/c1-6-19-13-8-7-11(17)9-12(13)10(2)14(19)15(20)18-16(3,4)5/h7-9H,6H2,1-5H3,(H,18,20). The molecule has 0 spiro atoms. The van der Waals surface area contributed by atoms with Gasteiger partial charge in [-0.2, -0.15) is 0 Å². The number of halogens is 1. The van der Waals surface area contributed by atoms with E-state index in [0.29, 0.717) is 5.02 Å². The maximum atomic E-state index is 12.6. The molecule has 1 N–H and O–H groups in total. The zero-order chi connectivity index (χ0) is 15.1. The van der Waals surface area contributed by atoms with Crippen LogP contribution >= 0.6 is 11.6 Å². The molecule has 4 heteroatoms. The van der Waals surface area contributed by atoms with Crippen LogP contribution in [0.2, 0.25) is 5.02 Å². The van der Waals surface area contributed by atoms with Gasteiger partial charge < -0.3 is 9.88 Å². The zero-order valence-corrected chi connectivity index (χ0v) is 13.4. The molecule has 1 aromatic heterocycles. The maximum Gasteiger partial charge on any atom is 0.268 e. The minimum Gasteiger partial charge on any atom is -0.346 e. The number of aryl methyl sites for hydroxylation is 2. The van der Waals surface area contributed by atoms with Crippen LogP contribution in [0.15, 0.2) is 18.2 Å². The number of nitrogens with zero attached hydrogens (tertiary/aromatic N) is 1. The predicted molar refractivity (Wildman–Crippen MR) is 84.6 cm³/mol. The Kier molecular flexibility index (Phi) is 3.83. The van der Waals surface area contributed by atoms with E-state index in [2.05, 4.69) is 5.32 Å². The quantitative estimate of drug-likeness (QED) is 0.886.